The molecule has 0 aliphatic heterocycles. The van der Waals surface area contributed by atoms with Gasteiger partial charge in [0.25, 0.3) is 0 Å². The molecule has 0 amide bonds. The number of carboxylic acids is 1. The van der Waals surface area contributed by atoms with Gasteiger partial charge >= 0.3 is 5.97 Å². The standard InChI is InChI=1S/C17H12FN3O4/c1-10(17(22)23)6-15-20-16(21-25-15)11-2-4-13(5-3-11)24-14-7-12(18)8-19-9-14/h2-5,7-9H,1,6H2,(H,22,23). The van der Waals surface area contributed by atoms with Crippen molar-refractivity contribution in [2.75, 3.05) is 0 Å². The zero-order chi connectivity index (χ0) is 17.8. The maximum atomic E-state index is 13.1. The highest BCUT2D eigenvalue weighted by Crippen LogP contribution is 2.24. The number of carbonyl (C=O) groups is 1. The lowest BCUT2D eigenvalue weighted by molar-refractivity contribution is -0.132. The van der Waals surface area contributed by atoms with Crippen LogP contribution in [-0.2, 0) is 11.2 Å². The van der Waals surface area contributed by atoms with E-state index >= 15 is 0 Å². The van der Waals surface area contributed by atoms with Gasteiger partial charge in [-0.25, -0.2) is 9.18 Å². The maximum Gasteiger partial charge on any atom is 0.331 e. The van der Waals surface area contributed by atoms with Crippen LogP contribution in [0.5, 0.6) is 11.5 Å². The van der Waals surface area contributed by atoms with E-state index in [4.69, 9.17) is 14.4 Å². The highest BCUT2D eigenvalue weighted by atomic mass is 19.1. The third-order valence-corrected chi connectivity index (χ3v) is 3.16. The van der Waals surface area contributed by atoms with Gasteiger partial charge in [-0.1, -0.05) is 11.7 Å². The summed E-state index contributed by atoms with van der Waals surface area (Å²) >= 11 is 0. The van der Waals surface area contributed by atoms with Crippen molar-refractivity contribution in [1.29, 1.82) is 0 Å². The first-order valence-corrected chi connectivity index (χ1v) is 7.14. The SMILES string of the molecule is C=C(Cc1nc(-c2ccc(Oc3cncc(F)c3)cc2)no1)C(=O)O. The Balaban J connectivity index is 1.71. The second-order valence-corrected chi connectivity index (χ2v) is 5.06. The molecule has 0 fully saturated rings. The fourth-order valence-corrected chi connectivity index (χ4v) is 1.96. The molecule has 7 nitrogen and oxygen atoms in total. The fraction of sp³-hybridized carbons (Fsp3) is 0.0588. The Kier molecular flexibility index (Phi) is 4.51. The Labute approximate surface area is 141 Å². The maximum absolute atomic E-state index is 13.1. The molecule has 0 spiro atoms. The van der Waals surface area contributed by atoms with Crippen molar-refractivity contribution in [1.82, 2.24) is 15.1 Å². The van der Waals surface area contributed by atoms with Crippen molar-refractivity contribution in [3.8, 4) is 22.9 Å². The molecular formula is C17H12FN3O4. The molecule has 0 atom stereocenters. The van der Waals surface area contributed by atoms with Crippen LogP contribution in [0.25, 0.3) is 11.4 Å². The number of hydrogen-bond donors (Lipinski definition) is 1. The van der Waals surface area contributed by atoms with Crippen LogP contribution in [0.1, 0.15) is 5.89 Å². The number of nitrogens with zero attached hydrogens (tertiary/aromatic N) is 3. The Morgan fingerprint density at radius 2 is 2.00 bits per heavy atom. The molecule has 3 rings (SSSR count). The van der Waals surface area contributed by atoms with Gasteiger partial charge in [0.15, 0.2) is 0 Å². The molecule has 0 bridgehead atoms. The van der Waals surface area contributed by atoms with E-state index in [1.165, 1.54) is 12.3 Å². The third-order valence-electron chi connectivity index (χ3n) is 3.16. The monoisotopic (exact) mass is 341 g/mol. The van der Waals surface area contributed by atoms with E-state index in [0.717, 1.165) is 6.20 Å². The fourth-order valence-electron chi connectivity index (χ4n) is 1.96. The van der Waals surface area contributed by atoms with Crippen LogP contribution in [0.3, 0.4) is 0 Å². The molecule has 0 saturated heterocycles. The highest BCUT2D eigenvalue weighted by Gasteiger charge is 2.13. The van der Waals surface area contributed by atoms with Crippen LogP contribution >= 0.6 is 0 Å². The number of halogens is 1. The van der Waals surface area contributed by atoms with Crippen LogP contribution in [0.2, 0.25) is 0 Å². The van der Waals surface area contributed by atoms with Gasteiger partial charge in [0.05, 0.1) is 18.8 Å². The largest absolute Gasteiger partial charge is 0.478 e. The summed E-state index contributed by atoms with van der Waals surface area (Å²) in [7, 11) is 0. The van der Waals surface area contributed by atoms with Crippen molar-refractivity contribution >= 4 is 5.97 Å². The second kappa shape index (κ2) is 6.91. The smallest absolute Gasteiger partial charge is 0.331 e. The van der Waals surface area contributed by atoms with Crippen LogP contribution in [0.4, 0.5) is 4.39 Å². The van der Waals surface area contributed by atoms with Crippen molar-refractivity contribution in [3.05, 3.63) is 66.6 Å². The van der Waals surface area contributed by atoms with Gasteiger partial charge in [-0.3, -0.25) is 4.98 Å². The molecule has 1 aromatic carbocycles. The van der Waals surface area contributed by atoms with E-state index in [1.54, 1.807) is 24.3 Å². The summed E-state index contributed by atoms with van der Waals surface area (Å²) in [5.41, 5.74) is 0.614. The van der Waals surface area contributed by atoms with Gasteiger partial charge in [-0.05, 0) is 24.3 Å². The summed E-state index contributed by atoms with van der Waals surface area (Å²) in [5.74, 6) is -0.369. The van der Waals surface area contributed by atoms with Crippen molar-refractivity contribution in [3.63, 3.8) is 0 Å². The lowest BCUT2D eigenvalue weighted by Crippen LogP contribution is -2.02. The summed E-state index contributed by atoms with van der Waals surface area (Å²) in [6, 6.07) is 7.94. The minimum Gasteiger partial charge on any atom is -0.478 e. The number of hydrogen-bond acceptors (Lipinski definition) is 6. The Hall–Kier alpha value is -3.55. The third kappa shape index (κ3) is 4.05. The molecule has 0 aliphatic rings. The summed E-state index contributed by atoms with van der Waals surface area (Å²) in [6.07, 6.45) is 2.46. The molecule has 2 aromatic heterocycles. The Bertz CT molecular complexity index is 922. The first kappa shape index (κ1) is 16.3. The number of ether oxygens (including phenoxy) is 1. The summed E-state index contributed by atoms with van der Waals surface area (Å²) in [4.78, 5) is 18.6. The summed E-state index contributed by atoms with van der Waals surface area (Å²) in [6.45, 7) is 3.41. The normalized spacial score (nSPS) is 10.4. The zero-order valence-corrected chi connectivity index (χ0v) is 12.8. The molecule has 0 saturated carbocycles. The molecule has 1 N–H and O–H groups in total. The Morgan fingerprint density at radius 1 is 1.24 bits per heavy atom. The van der Waals surface area contributed by atoms with Crippen LogP contribution < -0.4 is 4.74 Å². The van der Waals surface area contributed by atoms with E-state index in [0.29, 0.717) is 17.1 Å². The first-order chi connectivity index (χ1) is 12.0. The van der Waals surface area contributed by atoms with Gasteiger partial charge in [0.1, 0.15) is 17.3 Å². The van der Waals surface area contributed by atoms with Crippen LogP contribution in [0, 0.1) is 5.82 Å². The van der Waals surface area contributed by atoms with Gasteiger partial charge in [-0.15, -0.1) is 0 Å². The average molecular weight is 341 g/mol. The van der Waals surface area contributed by atoms with Crippen molar-refractivity contribution in [2.24, 2.45) is 0 Å². The van der Waals surface area contributed by atoms with Gasteiger partial charge in [0.2, 0.25) is 11.7 Å². The molecule has 2 heterocycles. The summed E-state index contributed by atoms with van der Waals surface area (Å²) in [5, 5.41) is 12.6. The zero-order valence-electron chi connectivity index (χ0n) is 12.8. The van der Waals surface area contributed by atoms with E-state index < -0.39 is 11.8 Å². The average Bonchev–Trinajstić information content (AvgIpc) is 3.04. The highest BCUT2D eigenvalue weighted by molar-refractivity contribution is 5.86. The van der Waals surface area contributed by atoms with Crippen LogP contribution in [-0.4, -0.2) is 26.2 Å². The lowest BCUT2D eigenvalue weighted by atomic mass is 10.2. The number of aliphatic carboxylic acids is 1. The number of carboxylic acid groups (broad SMARTS) is 1. The summed E-state index contributed by atoms with van der Waals surface area (Å²) < 4.78 is 23.6. The van der Waals surface area contributed by atoms with Crippen molar-refractivity contribution < 1.29 is 23.6 Å². The lowest BCUT2D eigenvalue weighted by Gasteiger charge is -2.05. The number of aromatic nitrogens is 3. The van der Waals surface area contributed by atoms with E-state index in [9.17, 15) is 9.18 Å². The first-order valence-electron chi connectivity index (χ1n) is 7.14. The Morgan fingerprint density at radius 3 is 2.68 bits per heavy atom. The molecule has 3 aromatic rings. The topological polar surface area (TPSA) is 98.3 Å². The number of pyridine rings is 1. The van der Waals surface area contributed by atoms with Gasteiger partial charge in [0, 0.05) is 17.2 Å². The minimum absolute atomic E-state index is 0.0316. The molecule has 0 radical (unpaired) electrons. The number of rotatable bonds is 6. The van der Waals surface area contributed by atoms with E-state index in [1.807, 2.05) is 0 Å². The van der Waals surface area contributed by atoms with E-state index in [-0.39, 0.29) is 23.6 Å². The molecule has 126 valence electrons. The van der Waals surface area contributed by atoms with E-state index in [2.05, 4.69) is 21.7 Å². The van der Waals surface area contributed by atoms with Crippen LogP contribution in [0.15, 0.2) is 59.4 Å². The number of benzene rings is 1. The quantitative estimate of drug-likeness (QED) is 0.687. The molecule has 0 aliphatic carbocycles. The van der Waals surface area contributed by atoms with Gasteiger partial charge < -0.3 is 14.4 Å². The molecule has 8 heteroatoms. The predicted octanol–water partition coefficient (Wildman–Crippen LogP) is 3.25. The van der Waals surface area contributed by atoms with Crippen molar-refractivity contribution in [2.45, 2.75) is 6.42 Å². The minimum atomic E-state index is -1.12. The molecular weight excluding hydrogens is 329 g/mol. The molecule has 0 unspecified atom stereocenters. The van der Waals surface area contributed by atoms with Gasteiger partial charge in [-0.2, -0.15) is 4.98 Å². The second-order valence-electron chi connectivity index (χ2n) is 5.06. The molecule has 25 heavy (non-hydrogen) atoms. The predicted molar refractivity (Wildman–Crippen MR) is 84.5 cm³/mol.